The van der Waals surface area contributed by atoms with E-state index in [0.717, 1.165) is 33.0 Å². The summed E-state index contributed by atoms with van der Waals surface area (Å²) in [5.74, 6) is 0. The number of benzene rings is 8. The number of rotatable bonds is 7. The minimum Gasteiger partial charge on any atom is -0.310 e. The molecule has 0 unspecified atom stereocenters. The zero-order chi connectivity index (χ0) is 38.4. The molecule has 0 atom stereocenters. The fourth-order valence-corrected chi connectivity index (χ4v) is 5.96. The maximum absolute atomic E-state index is 9.38. The maximum Gasteiger partial charge on any atom is 0.0645 e. The smallest absolute Gasteiger partial charge is 0.0645 e. The van der Waals surface area contributed by atoms with Crippen molar-refractivity contribution >= 4 is 27.8 Å². The topological polar surface area (TPSA) is 3.24 Å². The van der Waals surface area contributed by atoms with Crippen LogP contribution in [0.25, 0.3) is 55.3 Å². The molecular weight excluding hydrogens is 567 g/mol. The van der Waals surface area contributed by atoms with Gasteiger partial charge in [-0.05, 0) is 91.6 Å². The summed E-state index contributed by atoms with van der Waals surface area (Å²) in [4.78, 5) is 1.36. The van der Waals surface area contributed by atoms with Crippen LogP contribution in [-0.4, -0.2) is 0 Å². The molecular formula is C46H33N. The molecule has 0 saturated carbocycles. The molecule has 0 amide bonds. The lowest BCUT2D eigenvalue weighted by atomic mass is 9.91. The highest BCUT2D eigenvalue weighted by Crippen LogP contribution is 2.41. The molecule has 0 bridgehead atoms. The Morgan fingerprint density at radius 1 is 0.319 bits per heavy atom. The van der Waals surface area contributed by atoms with Crippen LogP contribution < -0.4 is 4.90 Å². The molecule has 0 heterocycles. The van der Waals surface area contributed by atoms with Gasteiger partial charge in [0.05, 0.1) is 11.0 Å². The molecule has 8 aromatic carbocycles. The Morgan fingerprint density at radius 3 is 1.26 bits per heavy atom. The highest BCUT2D eigenvalue weighted by molar-refractivity contribution is 6.06. The lowest BCUT2D eigenvalue weighted by Gasteiger charge is -2.26. The summed E-state index contributed by atoms with van der Waals surface area (Å²) < 4.78 is 74.1. The number of nitrogens with zero attached hydrogens (tertiary/aromatic N) is 1. The first-order valence-corrected chi connectivity index (χ1v) is 15.5. The van der Waals surface area contributed by atoms with Crippen LogP contribution in [0.3, 0.4) is 0 Å². The van der Waals surface area contributed by atoms with E-state index in [1.807, 2.05) is 66.7 Å². The fraction of sp³-hybridized carbons (Fsp3) is 0. The lowest BCUT2D eigenvalue weighted by Crippen LogP contribution is -2.10. The van der Waals surface area contributed by atoms with Crippen molar-refractivity contribution in [2.45, 2.75) is 0 Å². The molecule has 0 aliphatic carbocycles. The van der Waals surface area contributed by atoms with Gasteiger partial charge in [-0.25, -0.2) is 0 Å². The van der Waals surface area contributed by atoms with E-state index in [9.17, 15) is 5.48 Å². The fourth-order valence-electron chi connectivity index (χ4n) is 5.96. The second kappa shape index (κ2) is 12.7. The highest BCUT2D eigenvalue weighted by atomic mass is 15.1. The summed E-state index contributed by atoms with van der Waals surface area (Å²) in [6, 6.07) is 44.5. The van der Waals surface area contributed by atoms with Gasteiger partial charge in [0.25, 0.3) is 0 Å². The molecule has 8 rings (SSSR count). The van der Waals surface area contributed by atoms with Crippen molar-refractivity contribution in [3.8, 4) is 44.5 Å². The maximum atomic E-state index is 9.38. The number of fused-ring (bicyclic) bond motifs is 1. The van der Waals surface area contributed by atoms with E-state index >= 15 is 0 Å². The Kier molecular flexibility index (Phi) is 5.60. The van der Waals surface area contributed by atoms with E-state index in [-0.39, 0.29) is 70.8 Å². The van der Waals surface area contributed by atoms with Crippen LogP contribution in [-0.2, 0) is 0 Å². The average Bonchev–Trinajstić information content (AvgIpc) is 3.22. The monoisotopic (exact) mass is 607 g/mol. The van der Waals surface area contributed by atoms with Gasteiger partial charge in [0.1, 0.15) is 0 Å². The summed E-state index contributed by atoms with van der Waals surface area (Å²) in [7, 11) is 0. The van der Waals surface area contributed by atoms with E-state index in [1.165, 1.54) is 4.90 Å². The second-order valence-electron chi connectivity index (χ2n) is 11.1. The zero-order valence-electron chi connectivity index (χ0n) is 33.4. The molecule has 0 aromatic heterocycles. The zero-order valence-corrected chi connectivity index (χ0v) is 25.4. The number of hydrogen-bond donors (Lipinski definition) is 0. The first-order chi connectivity index (χ1) is 26.7. The summed E-state index contributed by atoms with van der Waals surface area (Å²) in [5, 5.41) is 2.03. The Bertz CT molecular complexity index is 2570. The third-order valence-corrected chi connectivity index (χ3v) is 8.20. The van der Waals surface area contributed by atoms with E-state index in [0.29, 0.717) is 16.8 Å². The second-order valence-corrected chi connectivity index (χ2v) is 11.1. The molecule has 0 radical (unpaired) electrons. The normalized spacial score (nSPS) is 13.4. The van der Waals surface area contributed by atoms with Gasteiger partial charge in [-0.3, -0.25) is 0 Å². The van der Waals surface area contributed by atoms with Crippen molar-refractivity contribution in [2.75, 3.05) is 4.90 Å². The van der Waals surface area contributed by atoms with Gasteiger partial charge < -0.3 is 4.90 Å². The summed E-state index contributed by atoms with van der Waals surface area (Å²) in [6.07, 6.45) is 0. The molecule has 0 aliphatic heterocycles. The van der Waals surface area contributed by atoms with E-state index < -0.39 is 0 Å². The standard InChI is InChI=1S/C46H33N/c1-4-13-34(14-5-1)36-25-29-41(30-26-36)47(42-31-27-37(28-32-42)35-15-6-2-7-16-35)43-22-10-21-40(33-43)45-24-12-20-39-19-11-23-44(46(39)45)38-17-8-3-9-18-38/h1-33H/i25D,26D,27D,28D,29D,30D,31D,32D. The minimum absolute atomic E-state index is 0.122. The molecule has 8 aromatic rings. The molecule has 1 heteroatoms. The van der Waals surface area contributed by atoms with Crippen LogP contribution in [0.4, 0.5) is 17.1 Å². The van der Waals surface area contributed by atoms with Crippen LogP contribution in [0.5, 0.6) is 0 Å². The SMILES string of the molecule is [2H]c1c([2H])c(N(c2cccc(-c3cccc4cccc(-c5ccccc5)c34)c2)c2c([2H])c([2H])c(-c3ccccc3)c([2H])c2[2H])c([2H])c([2H])c1-c1ccccc1. The quantitative estimate of drug-likeness (QED) is 0.174. The van der Waals surface area contributed by atoms with E-state index in [2.05, 4.69) is 30.3 Å². The van der Waals surface area contributed by atoms with Gasteiger partial charge in [0.15, 0.2) is 0 Å². The van der Waals surface area contributed by atoms with Crippen LogP contribution in [0.1, 0.15) is 11.0 Å². The molecule has 0 spiro atoms. The first-order valence-electron chi connectivity index (χ1n) is 19.5. The molecule has 47 heavy (non-hydrogen) atoms. The predicted molar refractivity (Wildman–Crippen MR) is 200 cm³/mol. The third-order valence-electron chi connectivity index (χ3n) is 8.20. The van der Waals surface area contributed by atoms with Gasteiger partial charge >= 0.3 is 0 Å². The van der Waals surface area contributed by atoms with Gasteiger partial charge in [-0.15, -0.1) is 0 Å². The summed E-state index contributed by atoms with van der Waals surface area (Å²) >= 11 is 0. The first kappa shape index (κ1) is 20.8. The number of anilines is 3. The Morgan fingerprint density at radius 2 is 0.745 bits per heavy atom. The van der Waals surface area contributed by atoms with Crippen molar-refractivity contribution in [3.05, 3.63) is 200 Å². The van der Waals surface area contributed by atoms with Crippen molar-refractivity contribution in [3.63, 3.8) is 0 Å². The van der Waals surface area contributed by atoms with Gasteiger partial charge in [-0.1, -0.05) is 164 Å². The molecule has 0 aliphatic rings. The third kappa shape index (κ3) is 5.72. The Balaban J connectivity index is 1.42. The van der Waals surface area contributed by atoms with Crippen molar-refractivity contribution < 1.29 is 11.0 Å². The highest BCUT2D eigenvalue weighted by Gasteiger charge is 2.16. The van der Waals surface area contributed by atoms with Crippen LogP contribution in [0, 0.1) is 0 Å². The van der Waals surface area contributed by atoms with Crippen LogP contribution in [0.15, 0.2) is 200 Å². The average molecular weight is 608 g/mol. The van der Waals surface area contributed by atoms with E-state index in [4.69, 9.17) is 5.48 Å². The molecule has 1 nitrogen and oxygen atoms in total. The number of hydrogen-bond acceptors (Lipinski definition) is 1. The van der Waals surface area contributed by atoms with Crippen molar-refractivity contribution in [2.24, 2.45) is 0 Å². The van der Waals surface area contributed by atoms with Crippen LogP contribution in [0.2, 0.25) is 0 Å². The molecule has 222 valence electrons. The largest absolute Gasteiger partial charge is 0.310 e. The van der Waals surface area contributed by atoms with Gasteiger partial charge in [0, 0.05) is 17.1 Å². The molecule has 0 fully saturated rings. The molecule has 0 saturated heterocycles. The van der Waals surface area contributed by atoms with Crippen LogP contribution >= 0.6 is 0 Å². The Labute approximate surface area is 287 Å². The van der Waals surface area contributed by atoms with E-state index in [1.54, 1.807) is 54.6 Å². The predicted octanol–water partition coefficient (Wildman–Crippen LogP) is 13.0. The van der Waals surface area contributed by atoms with Gasteiger partial charge in [-0.2, -0.15) is 0 Å². The lowest BCUT2D eigenvalue weighted by molar-refractivity contribution is 1.28. The van der Waals surface area contributed by atoms with Crippen molar-refractivity contribution in [1.29, 1.82) is 0 Å². The summed E-state index contributed by atoms with van der Waals surface area (Å²) in [5.41, 5.74) is 4.97. The van der Waals surface area contributed by atoms with Crippen molar-refractivity contribution in [1.82, 2.24) is 0 Å². The van der Waals surface area contributed by atoms with Gasteiger partial charge in [0.2, 0.25) is 0 Å². The molecule has 0 N–H and O–H groups in total. The minimum atomic E-state index is -0.384. The summed E-state index contributed by atoms with van der Waals surface area (Å²) in [6.45, 7) is 0. The Hall–Kier alpha value is -6.18.